The molecule has 3 N–H and O–H groups in total. The molecule has 2 aromatic rings. The van der Waals surface area contributed by atoms with Crippen LogP contribution in [0.25, 0.3) is 0 Å². The van der Waals surface area contributed by atoms with Gasteiger partial charge in [0.15, 0.2) is 0 Å². The highest BCUT2D eigenvalue weighted by Gasteiger charge is 2.12. The van der Waals surface area contributed by atoms with Crippen LogP contribution in [0.15, 0.2) is 48.5 Å². The minimum atomic E-state index is -0.323. The molecule has 0 aliphatic heterocycles. The quantitative estimate of drug-likeness (QED) is 0.664. The van der Waals surface area contributed by atoms with Crippen molar-refractivity contribution in [2.45, 2.75) is 18.8 Å². The fraction of sp³-hybridized carbons (Fsp3) is 0.316. The first-order chi connectivity index (χ1) is 12.1. The molecule has 0 heterocycles. The summed E-state index contributed by atoms with van der Waals surface area (Å²) in [6.07, 6.45) is 1.40. The minimum Gasteiger partial charge on any atom is -0.495 e. The fourth-order valence-corrected chi connectivity index (χ4v) is 2.84. The maximum Gasteiger partial charge on any atom is 0.319 e. The lowest BCUT2D eigenvalue weighted by molar-refractivity contribution is 0.250. The van der Waals surface area contributed by atoms with E-state index in [0.717, 1.165) is 12.0 Å². The molecule has 6 heteroatoms. The molecule has 25 heavy (non-hydrogen) atoms. The Morgan fingerprint density at radius 1 is 1.20 bits per heavy atom. The van der Waals surface area contributed by atoms with E-state index >= 15 is 0 Å². The highest BCUT2D eigenvalue weighted by molar-refractivity contribution is 6.31. The number of hydrogen-bond donors (Lipinski definition) is 3. The van der Waals surface area contributed by atoms with Crippen LogP contribution in [0.4, 0.5) is 10.5 Å². The smallest absolute Gasteiger partial charge is 0.319 e. The van der Waals surface area contributed by atoms with Crippen molar-refractivity contribution in [3.63, 3.8) is 0 Å². The van der Waals surface area contributed by atoms with E-state index in [1.54, 1.807) is 18.2 Å². The van der Waals surface area contributed by atoms with Crippen LogP contribution >= 0.6 is 11.6 Å². The number of methoxy groups -OCH3 is 1. The second kappa shape index (κ2) is 9.91. The third kappa shape index (κ3) is 5.96. The monoisotopic (exact) mass is 362 g/mol. The molecule has 2 aromatic carbocycles. The van der Waals surface area contributed by atoms with Crippen LogP contribution in [0.3, 0.4) is 0 Å². The maximum absolute atomic E-state index is 12.1. The first-order valence-corrected chi connectivity index (χ1v) is 8.56. The van der Waals surface area contributed by atoms with Gasteiger partial charge < -0.3 is 20.5 Å². The summed E-state index contributed by atoms with van der Waals surface area (Å²) in [6, 6.07) is 14.7. The number of hydrogen-bond acceptors (Lipinski definition) is 3. The molecule has 0 aliphatic rings. The molecule has 134 valence electrons. The Kier molecular flexibility index (Phi) is 7.57. The Morgan fingerprint density at radius 2 is 1.96 bits per heavy atom. The van der Waals surface area contributed by atoms with Gasteiger partial charge in [-0.3, -0.25) is 0 Å². The summed E-state index contributed by atoms with van der Waals surface area (Å²) < 4.78 is 5.20. The largest absolute Gasteiger partial charge is 0.495 e. The average molecular weight is 363 g/mol. The molecular weight excluding hydrogens is 340 g/mol. The van der Waals surface area contributed by atoms with Crippen molar-refractivity contribution in [2.24, 2.45) is 0 Å². The highest BCUT2D eigenvalue weighted by atomic mass is 35.5. The first-order valence-electron chi connectivity index (χ1n) is 8.18. The zero-order valence-corrected chi connectivity index (χ0v) is 14.9. The van der Waals surface area contributed by atoms with Gasteiger partial charge in [0.25, 0.3) is 0 Å². The van der Waals surface area contributed by atoms with Crippen LogP contribution < -0.4 is 15.4 Å². The van der Waals surface area contributed by atoms with Crippen molar-refractivity contribution >= 4 is 23.3 Å². The lowest BCUT2D eigenvalue weighted by Crippen LogP contribution is -2.30. The van der Waals surface area contributed by atoms with E-state index in [0.29, 0.717) is 29.4 Å². The van der Waals surface area contributed by atoms with Crippen molar-refractivity contribution in [3.05, 3.63) is 59.1 Å². The van der Waals surface area contributed by atoms with Crippen LogP contribution in [0.2, 0.25) is 5.02 Å². The zero-order chi connectivity index (χ0) is 18.1. The van der Waals surface area contributed by atoms with Crippen molar-refractivity contribution in [1.29, 1.82) is 0 Å². The molecule has 2 amide bonds. The molecule has 0 unspecified atom stereocenters. The van der Waals surface area contributed by atoms with Crippen molar-refractivity contribution in [2.75, 3.05) is 25.6 Å². The van der Waals surface area contributed by atoms with Crippen molar-refractivity contribution < 1.29 is 14.6 Å². The number of anilines is 1. The normalized spacial score (nSPS) is 11.6. The Balaban J connectivity index is 1.88. The van der Waals surface area contributed by atoms with E-state index in [-0.39, 0.29) is 18.6 Å². The number of nitrogens with one attached hydrogen (secondary N) is 2. The summed E-state index contributed by atoms with van der Waals surface area (Å²) >= 11 is 5.95. The summed E-state index contributed by atoms with van der Waals surface area (Å²) in [7, 11) is 1.53. The predicted molar refractivity (Wildman–Crippen MR) is 101 cm³/mol. The molecule has 0 fully saturated rings. The lowest BCUT2D eigenvalue weighted by Gasteiger charge is -2.17. The van der Waals surface area contributed by atoms with Gasteiger partial charge in [-0.15, -0.1) is 0 Å². The van der Waals surface area contributed by atoms with E-state index in [2.05, 4.69) is 10.6 Å². The van der Waals surface area contributed by atoms with Gasteiger partial charge in [0, 0.05) is 18.2 Å². The lowest BCUT2D eigenvalue weighted by atomic mass is 9.93. The number of aliphatic hydroxyl groups excluding tert-OH is 1. The number of amides is 2. The van der Waals surface area contributed by atoms with Crippen molar-refractivity contribution in [1.82, 2.24) is 5.32 Å². The molecule has 0 aliphatic carbocycles. The number of aliphatic hydroxyl groups is 1. The molecule has 0 bridgehead atoms. The number of carbonyl (C=O) groups excluding carboxylic acids is 1. The number of benzene rings is 2. The molecule has 0 aromatic heterocycles. The summed E-state index contributed by atoms with van der Waals surface area (Å²) in [5, 5.41) is 15.3. The molecule has 5 nitrogen and oxygen atoms in total. The van der Waals surface area contributed by atoms with Gasteiger partial charge in [-0.2, -0.15) is 0 Å². The number of rotatable bonds is 8. The molecule has 1 atom stereocenters. The fourth-order valence-electron chi connectivity index (χ4n) is 2.66. The predicted octanol–water partition coefficient (Wildman–Crippen LogP) is 4.03. The number of urea groups is 1. The van der Waals surface area contributed by atoms with E-state index in [1.165, 1.54) is 7.11 Å². The van der Waals surface area contributed by atoms with Gasteiger partial charge in [0.2, 0.25) is 0 Å². The van der Waals surface area contributed by atoms with Gasteiger partial charge in [0.1, 0.15) is 5.75 Å². The molecule has 0 radical (unpaired) electrons. The van der Waals surface area contributed by atoms with Gasteiger partial charge in [-0.05, 0) is 42.5 Å². The Labute approximate surface area is 153 Å². The summed E-state index contributed by atoms with van der Waals surface area (Å²) in [4.78, 5) is 12.1. The molecule has 0 saturated carbocycles. The third-order valence-electron chi connectivity index (χ3n) is 3.94. The second-order valence-electron chi connectivity index (χ2n) is 5.63. The first kappa shape index (κ1) is 19.1. The van der Waals surface area contributed by atoms with Crippen LogP contribution in [0.1, 0.15) is 24.3 Å². The minimum absolute atomic E-state index is 0.117. The summed E-state index contributed by atoms with van der Waals surface area (Å²) in [5.74, 6) is 0.745. The summed E-state index contributed by atoms with van der Waals surface area (Å²) in [6.45, 7) is 0.611. The average Bonchev–Trinajstić information content (AvgIpc) is 2.62. The van der Waals surface area contributed by atoms with Crippen LogP contribution in [0.5, 0.6) is 5.75 Å². The Morgan fingerprint density at radius 3 is 2.64 bits per heavy atom. The zero-order valence-electron chi connectivity index (χ0n) is 14.2. The maximum atomic E-state index is 12.1. The van der Waals surface area contributed by atoms with Gasteiger partial charge >= 0.3 is 6.03 Å². The highest BCUT2D eigenvalue weighted by Crippen LogP contribution is 2.27. The van der Waals surface area contributed by atoms with E-state index in [9.17, 15) is 9.90 Å². The number of carbonyl (C=O) groups is 1. The van der Waals surface area contributed by atoms with E-state index in [1.807, 2.05) is 30.3 Å². The van der Waals surface area contributed by atoms with Gasteiger partial charge in [0.05, 0.1) is 12.8 Å². The van der Waals surface area contributed by atoms with Crippen molar-refractivity contribution in [3.8, 4) is 5.75 Å². The molecule has 0 spiro atoms. The van der Waals surface area contributed by atoms with E-state index in [4.69, 9.17) is 16.3 Å². The SMILES string of the molecule is COc1ccc(Cl)cc1NC(=O)NCC[C@H](CCO)c1ccccc1. The standard InChI is InChI=1S/C19H23ClN2O3/c1-25-18-8-7-16(20)13-17(18)22-19(24)21-11-9-15(10-12-23)14-5-3-2-4-6-14/h2-8,13,15,23H,9-12H2,1H3,(H2,21,22,24)/t15-/m1/s1. The third-order valence-corrected chi connectivity index (χ3v) is 4.17. The van der Waals surface area contributed by atoms with Crippen LogP contribution in [-0.4, -0.2) is 31.4 Å². The van der Waals surface area contributed by atoms with Gasteiger partial charge in [-0.1, -0.05) is 41.9 Å². The summed E-state index contributed by atoms with van der Waals surface area (Å²) in [5.41, 5.74) is 1.68. The van der Waals surface area contributed by atoms with Crippen LogP contribution in [0, 0.1) is 0 Å². The molecular formula is C19H23ClN2O3. The molecule has 0 saturated heterocycles. The van der Waals surface area contributed by atoms with Crippen LogP contribution in [-0.2, 0) is 0 Å². The topological polar surface area (TPSA) is 70.6 Å². The van der Waals surface area contributed by atoms with E-state index < -0.39 is 0 Å². The Hall–Kier alpha value is -2.24. The molecule has 2 rings (SSSR count). The second-order valence-corrected chi connectivity index (χ2v) is 6.07. The number of ether oxygens (including phenoxy) is 1. The Bertz CT molecular complexity index is 680. The van der Waals surface area contributed by atoms with Gasteiger partial charge in [-0.25, -0.2) is 4.79 Å². The number of halogens is 1.